The van der Waals surface area contributed by atoms with E-state index in [-0.39, 0.29) is 13.0 Å². The van der Waals surface area contributed by atoms with Crippen LogP contribution in [0.15, 0.2) is 36.5 Å². The van der Waals surface area contributed by atoms with E-state index < -0.39 is 67.4 Å². The lowest BCUT2D eigenvalue weighted by atomic mass is 9.99. The molecule has 1 saturated heterocycles. The predicted molar refractivity (Wildman–Crippen MR) is 366 cm³/mol. The fourth-order valence-corrected chi connectivity index (χ4v) is 12.1. The summed E-state index contributed by atoms with van der Waals surface area (Å²) < 4.78 is 17.7. The molecule has 0 aliphatic carbocycles. The first-order chi connectivity index (χ1) is 42.7. The zero-order valence-electron chi connectivity index (χ0n) is 57.2. The smallest absolute Gasteiger partial charge is 0.306 e. The maximum atomic E-state index is 13.5. The van der Waals surface area contributed by atoms with Crippen LogP contribution in [-0.2, 0) is 23.8 Å². The van der Waals surface area contributed by atoms with E-state index >= 15 is 0 Å². The van der Waals surface area contributed by atoms with Gasteiger partial charge < -0.3 is 45.1 Å². The number of rotatable bonds is 66. The fraction of sp³-hybridized carbons (Fsp3) is 0.895. The van der Waals surface area contributed by atoms with Crippen molar-refractivity contribution >= 4 is 11.9 Å². The van der Waals surface area contributed by atoms with Gasteiger partial charge in [-0.05, 0) is 57.8 Å². The summed E-state index contributed by atoms with van der Waals surface area (Å²) in [6, 6.07) is -1.02. The third-order valence-electron chi connectivity index (χ3n) is 18.0. The van der Waals surface area contributed by atoms with Crippen LogP contribution in [0, 0.1) is 0 Å². The summed E-state index contributed by atoms with van der Waals surface area (Å²) in [6.45, 7) is 5.83. The first kappa shape index (κ1) is 82.9. The summed E-state index contributed by atoms with van der Waals surface area (Å²) in [5.41, 5.74) is 0. The van der Waals surface area contributed by atoms with Gasteiger partial charge in [0.25, 0.3) is 0 Å². The number of carbonyl (C=O) groups is 2. The highest BCUT2D eigenvalue weighted by atomic mass is 16.7. The monoisotopic (exact) mass is 1230 g/mol. The van der Waals surface area contributed by atoms with Gasteiger partial charge in [-0.2, -0.15) is 0 Å². The van der Waals surface area contributed by atoms with Crippen molar-refractivity contribution in [3.05, 3.63) is 36.5 Å². The Labute approximate surface area is 536 Å². The molecule has 87 heavy (non-hydrogen) atoms. The van der Waals surface area contributed by atoms with Crippen LogP contribution in [0.2, 0.25) is 0 Å². The number of ether oxygens (including phenoxy) is 3. The van der Waals surface area contributed by atoms with E-state index in [4.69, 9.17) is 14.2 Å². The zero-order valence-corrected chi connectivity index (χ0v) is 57.2. The van der Waals surface area contributed by atoms with Gasteiger partial charge in [0.15, 0.2) is 12.4 Å². The molecular weight excluding hydrogens is 1090 g/mol. The Morgan fingerprint density at radius 3 is 1.20 bits per heavy atom. The van der Waals surface area contributed by atoms with Crippen LogP contribution < -0.4 is 5.32 Å². The molecule has 1 heterocycles. The minimum Gasteiger partial charge on any atom is -0.454 e. The SMILES string of the molecule is CCCCC/C=C\C/C=C\CCCCCCCCCCCCC(O)C(=O)NC(COC1OC(CO)C(O)C(O)C1OC(=O)CCCCCCCCCCCCCCCCCCCCCCCCCCC)C(O)/C=C/CCCCCCCCCCCCC. The van der Waals surface area contributed by atoms with Gasteiger partial charge in [0.1, 0.15) is 24.4 Å². The Balaban J connectivity index is 2.54. The molecule has 0 radical (unpaired) electrons. The number of hydrogen-bond acceptors (Lipinski definition) is 10. The first-order valence-electron chi connectivity index (χ1n) is 37.8. The summed E-state index contributed by atoms with van der Waals surface area (Å²) in [5.74, 6) is -1.18. The van der Waals surface area contributed by atoms with Gasteiger partial charge >= 0.3 is 5.97 Å². The molecule has 0 aromatic carbocycles. The molecule has 0 spiro atoms. The van der Waals surface area contributed by atoms with E-state index in [1.165, 1.54) is 257 Å². The summed E-state index contributed by atoms with van der Waals surface area (Å²) >= 11 is 0. The summed E-state index contributed by atoms with van der Waals surface area (Å²) in [5, 5.41) is 57.3. The average molecular weight is 1230 g/mol. The van der Waals surface area contributed by atoms with Crippen molar-refractivity contribution in [1.82, 2.24) is 5.32 Å². The Morgan fingerprint density at radius 1 is 0.448 bits per heavy atom. The molecule has 0 aromatic heterocycles. The van der Waals surface area contributed by atoms with E-state index in [2.05, 4.69) is 50.4 Å². The van der Waals surface area contributed by atoms with Crippen LogP contribution in [-0.4, -0.2) is 99.6 Å². The molecule has 1 amide bonds. The second-order valence-electron chi connectivity index (χ2n) is 26.4. The van der Waals surface area contributed by atoms with Crippen molar-refractivity contribution in [1.29, 1.82) is 0 Å². The molecule has 11 heteroatoms. The van der Waals surface area contributed by atoms with Gasteiger partial charge in [-0.15, -0.1) is 0 Å². The van der Waals surface area contributed by atoms with E-state index in [0.717, 1.165) is 70.6 Å². The number of amides is 1. The largest absolute Gasteiger partial charge is 0.454 e. The molecule has 8 atom stereocenters. The van der Waals surface area contributed by atoms with Crippen LogP contribution >= 0.6 is 0 Å². The average Bonchev–Trinajstić information content (AvgIpc) is 1.52. The molecule has 8 unspecified atom stereocenters. The lowest BCUT2D eigenvalue weighted by Gasteiger charge is -2.41. The fourth-order valence-electron chi connectivity index (χ4n) is 12.1. The van der Waals surface area contributed by atoms with Crippen LogP contribution in [0.1, 0.15) is 374 Å². The van der Waals surface area contributed by atoms with Crippen LogP contribution in [0.4, 0.5) is 0 Å². The number of carbonyl (C=O) groups excluding carboxylic acids is 2. The van der Waals surface area contributed by atoms with Gasteiger partial charge in [0.05, 0.1) is 25.4 Å². The molecule has 0 aromatic rings. The van der Waals surface area contributed by atoms with Crippen molar-refractivity contribution in [3.8, 4) is 0 Å². The number of hydrogen-bond donors (Lipinski definition) is 6. The quantitative estimate of drug-likeness (QED) is 0.0195. The maximum absolute atomic E-state index is 13.5. The highest BCUT2D eigenvalue weighted by molar-refractivity contribution is 5.80. The second-order valence-corrected chi connectivity index (χ2v) is 26.4. The minimum absolute atomic E-state index is 0.129. The van der Waals surface area contributed by atoms with E-state index in [0.29, 0.717) is 19.3 Å². The van der Waals surface area contributed by atoms with Crippen molar-refractivity contribution < 1.29 is 49.3 Å². The van der Waals surface area contributed by atoms with Gasteiger partial charge in [0, 0.05) is 6.42 Å². The third kappa shape index (κ3) is 51.1. The summed E-state index contributed by atoms with van der Waals surface area (Å²) in [6.07, 6.45) is 69.0. The van der Waals surface area contributed by atoms with E-state index in [1.807, 2.05) is 6.08 Å². The number of allylic oxidation sites excluding steroid dienone is 5. The number of esters is 1. The standard InChI is InChI=1S/C76H143NO10/c1-4-7-10-13-16-19-22-25-27-29-31-33-34-35-36-37-39-41-43-46-49-52-55-58-61-64-71(81)87-74-73(83)72(82)70(65-78)86-76(74)85-66-67(68(79)62-59-56-53-50-47-44-24-21-18-15-12-9-6-3)77-75(84)69(80)63-60-57-54-51-48-45-42-40-38-32-30-28-26-23-20-17-14-11-8-5-2/h17,20,26,28,59,62,67-70,72-74,76,78-80,82-83H,4-16,18-19,21-25,27,29-58,60-61,63-66H2,1-3H3,(H,77,84)/b20-17-,28-26-,62-59+. The van der Waals surface area contributed by atoms with Crippen molar-refractivity contribution in [2.75, 3.05) is 13.2 Å². The van der Waals surface area contributed by atoms with E-state index in [9.17, 15) is 35.1 Å². The highest BCUT2D eigenvalue weighted by Crippen LogP contribution is 2.27. The van der Waals surface area contributed by atoms with Gasteiger partial charge in [-0.1, -0.05) is 346 Å². The Hall–Kier alpha value is -2.12. The molecule has 6 N–H and O–H groups in total. The molecule has 11 nitrogen and oxygen atoms in total. The summed E-state index contributed by atoms with van der Waals surface area (Å²) in [7, 11) is 0. The molecule has 0 saturated carbocycles. The maximum Gasteiger partial charge on any atom is 0.306 e. The molecular formula is C76H143NO10. The van der Waals surface area contributed by atoms with Crippen LogP contribution in [0.25, 0.3) is 0 Å². The Morgan fingerprint density at radius 2 is 0.793 bits per heavy atom. The van der Waals surface area contributed by atoms with Crippen LogP contribution in [0.3, 0.4) is 0 Å². The zero-order chi connectivity index (χ0) is 63.1. The summed E-state index contributed by atoms with van der Waals surface area (Å²) in [4.78, 5) is 26.7. The second kappa shape index (κ2) is 64.0. The molecule has 0 bridgehead atoms. The first-order valence-corrected chi connectivity index (χ1v) is 37.8. The number of unbranched alkanes of at least 4 members (excludes halogenated alkanes) is 48. The third-order valence-corrected chi connectivity index (χ3v) is 18.0. The molecule has 1 rings (SSSR count). The predicted octanol–water partition coefficient (Wildman–Crippen LogP) is 19.7. The van der Waals surface area contributed by atoms with Gasteiger partial charge in [-0.25, -0.2) is 0 Å². The lowest BCUT2D eigenvalue weighted by Crippen LogP contribution is -2.61. The van der Waals surface area contributed by atoms with Crippen molar-refractivity contribution in [3.63, 3.8) is 0 Å². The lowest BCUT2D eigenvalue weighted by molar-refractivity contribution is -0.305. The van der Waals surface area contributed by atoms with Crippen molar-refractivity contribution in [2.45, 2.75) is 423 Å². The van der Waals surface area contributed by atoms with E-state index in [1.54, 1.807) is 6.08 Å². The molecule has 1 aliphatic rings. The molecule has 1 fully saturated rings. The number of aliphatic hydroxyl groups is 5. The number of nitrogens with one attached hydrogen (secondary N) is 1. The Kier molecular flexibility index (Phi) is 61.0. The Bertz CT molecular complexity index is 1560. The van der Waals surface area contributed by atoms with Gasteiger partial charge in [0.2, 0.25) is 5.91 Å². The molecule has 512 valence electrons. The topological polar surface area (TPSA) is 175 Å². The highest BCUT2D eigenvalue weighted by Gasteiger charge is 2.47. The van der Waals surface area contributed by atoms with Crippen molar-refractivity contribution in [2.24, 2.45) is 0 Å². The van der Waals surface area contributed by atoms with Gasteiger partial charge in [-0.3, -0.25) is 9.59 Å². The normalized spacial score (nSPS) is 18.4. The molecule has 1 aliphatic heterocycles. The minimum atomic E-state index is -1.61. The van der Waals surface area contributed by atoms with Crippen LogP contribution in [0.5, 0.6) is 0 Å². The number of aliphatic hydroxyl groups excluding tert-OH is 5.